The van der Waals surface area contributed by atoms with E-state index >= 15 is 0 Å². The van der Waals surface area contributed by atoms with Crippen molar-refractivity contribution in [3.05, 3.63) is 66.2 Å². The minimum atomic E-state index is -1.82. The minimum absolute atomic E-state index is 0.108. The number of esters is 3. The third-order valence-electron chi connectivity index (χ3n) is 8.74. The molecule has 1 saturated carbocycles. The number of carbonyl (C=O) groups excluding carboxylic acids is 4. The van der Waals surface area contributed by atoms with Crippen LogP contribution >= 0.6 is 0 Å². The van der Waals surface area contributed by atoms with E-state index in [1.54, 1.807) is 81.4 Å². The highest BCUT2D eigenvalue weighted by Gasteiger charge is 2.93. The number of para-hydroxylation sites is 1. The molecule has 6 rings (SSSR count). The minimum Gasteiger partial charge on any atom is -0.461 e. The molecule has 3 saturated heterocycles. The smallest absolute Gasteiger partial charge is 0.338 e. The average Bonchev–Trinajstić information content (AvgIpc) is 3.47. The van der Waals surface area contributed by atoms with Gasteiger partial charge in [0.05, 0.1) is 17.6 Å². The summed E-state index contributed by atoms with van der Waals surface area (Å²) in [5, 5.41) is 12.6. The molecule has 4 fully saturated rings. The maximum atomic E-state index is 14.2. The Labute approximate surface area is 213 Å². The van der Waals surface area contributed by atoms with Gasteiger partial charge in [0, 0.05) is 12.1 Å². The molecule has 0 unspecified atom stereocenters. The molecular weight excluding hydrogens is 478 g/mol. The van der Waals surface area contributed by atoms with Crippen molar-refractivity contribution in [3.8, 4) is 0 Å². The van der Waals surface area contributed by atoms with Gasteiger partial charge in [-0.1, -0.05) is 57.2 Å². The van der Waals surface area contributed by atoms with E-state index in [2.05, 4.69) is 0 Å². The number of aliphatic hydroxyl groups is 1. The molecule has 1 amide bonds. The molecule has 9 heteroatoms. The maximum Gasteiger partial charge on any atom is 0.338 e. The first-order valence-corrected chi connectivity index (χ1v) is 12.3. The Morgan fingerprint density at radius 2 is 1.62 bits per heavy atom. The van der Waals surface area contributed by atoms with Crippen molar-refractivity contribution in [2.24, 2.45) is 16.2 Å². The third-order valence-corrected chi connectivity index (χ3v) is 8.74. The van der Waals surface area contributed by atoms with Crippen LogP contribution in [0.15, 0.2) is 60.7 Å². The van der Waals surface area contributed by atoms with Crippen molar-refractivity contribution >= 4 is 29.5 Å². The van der Waals surface area contributed by atoms with Crippen molar-refractivity contribution in [2.45, 2.75) is 57.6 Å². The lowest BCUT2D eigenvalue weighted by molar-refractivity contribution is -0.204. The number of nitrogens with zero attached hydrogens (tertiary/aromatic N) is 1. The average molecular weight is 506 g/mol. The lowest BCUT2D eigenvalue weighted by Crippen LogP contribution is -2.66. The van der Waals surface area contributed by atoms with E-state index in [4.69, 9.17) is 14.2 Å². The van der Waals surface area contributed by atoms with Crippen LogP contribution in [-0.2, 0) is 28.6 Å². The van der Waals surface area contributed by atoms with Crippen molar-refractivity contribution in [1.82, 2.24) is 0 Å². The van der Waals surface area contributed by atoms with Gasteiger partial charge < -0.3 is 19.3 Å². The van der Waals surface area contributed by atoms with Crippen molar-refractivity contribution < 1.29 is 38.5 Å². The lowest BCUT2D eigenvalue weighted by atomic mass is 9.52. The van der Waals surface area contributed by atoms with Crippen LogP contribution in [0.25, 0.3) is 0 Å². The molecule has 9 nitrogen and oxygen atoms in total. The zero-order valence-electron chi connectivity index (χ0n) is 20.7. The van der Waals surface area contributed by atoms with Gasteiger partial charge in [-0.2, -0.15) is 0 Å². The second kappa shape index (κ2) is 7.41. The second-order valence-corrected chi connectivity index (χ2v) is 11.3. The zero-order chi connectivity index (χ0) is 26.4. The Bertz CT molecular complexity index is 1320. The summed E-state index contributed by atoms with van der Waals surface area (Å²) >= 11 is 0. The summed E-state index contributed by atoms with van der Waals surface area (Å²) in [6, 6.07) is 16.7. The van der Waals surface area contributed by atoms with Crippen molar-refractivity contribution in [3.63, 3.8) is 0 Å². The summed E-state index contributed by atoms with van der Waals surface area (Å²) in [6.07, 6.45) is -4.49. The Morgan fingerprint density at radius 1 is 1.00 bits per heavy atom. The standard InChI is InChI=1S/C28H27NO8/c1-25(2,3)27(34)14-18-26(15-19(30)35-18)24(33)37-23-28(26,27)20(36-22(32)16-10-6-4-7-11-16)21(31)29(23)17-12-8-5-9-13-17/h4-13,18,20,23,34H,14-15H2,1-3H3/t18-,20-,23-,26-,27+,28+/m0/s1. The predicted molar refractivity (Wildman–Crippen MR) is 128 cm³/mol. The first kappa shape index (κ1) is 23.7. The molecule has 0 bridgehead atoms. The molecule has 2 spiro atoms. The van der Waals surface area contributed by atoms with Crippen LogP contribution in [0, 0.1) is 16.2 Å². The quantitative estimate of drug-likeness (QED) is 0.500. The fourth-order valence-corrected chi connectivity index (χ4v) is 7.12. The number of amides is 1. The van der Waals surface area contributed by atoms with Gasteiger partial charge in [0.25, 0.3) is 5.91 Å². The summed E-state index contributed by atoms with van der Waals surface area (Å²) in [5.74, 6) is -2.81. The number of rotatable bonds is 3. The molecule has 4 aliphatic rings. The van der Waals surface area contributed by atoms with E-state index in [1.807, 2.05) is 0 Å². The second-order valence-electron chi connectivity index (χ2n) is 11.3. The van der Waals surface area contributed by atoms with E-state index in [9.17, 15) is 24.3 Å². The summed E-state index contributed by atoms with van der Waals surface area (Å²) in [4.78, 5) is 55.3. The fraction of sp³-hybridized carbons (Fsp3) is 0.429. The molecule has 37 heavy (non-hydrogen) atoms. The lowest BCUT2D eigenvalue weighted by Gasteiger charge is -2.51. The molecule has 3 heterocycles. The molecule has 192 valence electrons. The van der Waals surface area contributed by atoms with Gasteiger partial charge in [-0.05, 0) is 29.7 Å². The van der Waals surface area contributed by atoms with Gasteiger partial charge in [-0.25, -0.2) is 4.79 Å². The van der Waals surface area contributed by atoms with Gasteiger partial charge in [-0.3, -0.25) is 19.3 Å². The SMILES string of the molecule is CC(C)(C)[C@]1(O)C[C@@H]2OC(=O)C[C@@]23C(=O)O[C@@H]2N(c4ccccc4)C(=O)[C@H](OC(=O)c4ccccc4)[C@]213. The van der Waals surface area contributed by atoms with E-state index in [1.165, 1.54) is 4.90 Å². The highest BCUT2D eigenvalue weighted by Crippen LogP contribution is 2.76. The Hall–Kier alpha value is -3.72. The first-order valence-electron chi connectivity index (χ1n) is 12.3. The highest BCUT2D eigenvalue weighted by molar-refractivity contribution is 6.07. The molecule has 3 aliphatic heterocycles. The Kier molecular flexibility index (Phi) is 4.74. The van der Waals surface area contributed by atoms with Gasteiger partial charge in [-0.15, -0.1) is 0 Å². The molecule has 1 aliphatic carbocycles. The number of benzene rings is 2. The van der Waals surface area contributed by atoms with E-state index < -0.39 is 64.1 Å². The normalized spacial score (nSPS) is 36.1. The van der Waals surface area contributed by atoms with Gasteiger partial charge in [0.1, 0.15) is 16.9 Å². The molecular formula is C28H27NO8. The number of hydrogen-bond donors (Lipinski definition) is 1. The van der Waals surface area contributed by atoms with E-state index in [-0.39, 0.29) is 18.4 Å². The third kappa shape index (κ3) is 2.67. The summed E-state index contributed by atoms with van der Waals surface area (Å²) < 4.78 is 17.5. The monoisotopic (exact) mass is 505 g/mol. The predicted octanol–water partition coefficient (Wildman–Crippen LogP) is 2.61. The van der Waals surface area contributed by atoms with Crippen LogP contribution in [0.1, 0.15) is 44.0 Å². The van der Waals surface area contributed by atoms with Gasteiger partial charge >= 0.3 is 17.9 Å². The highest BCUT2D eigenvalue weighted by atomic mass is 16.6. The van der Waals surface area contributed by atoms with E-state index in [0.717, 1.165) is 0 Å². The van der Waals surface area contributed by atoms with Crippen LogP contribution in [0.4, 0.5) is 5.69 Å². The van der Waals surface area contributed by atoms with Crippen LogP contribution < -0.4 is 4.90 Å². The molecule has 0 aromatic heterocycles. The van der Waals surface area contributed by atoms with Crippen LogP contribution in [0.5, 0.6) is 0 Å². The molecule has 2 aromatic rings. The number of ether oxygens (including phenoxy) is 3. The molecule has 2 aromatic carbocycles. The largest absolute Gasteiger partial charge is 0.461 e. The number of carbonyl (C=O) groups is 4. The van der Waals surface area contributed by atoms with Crippen LogP contribution in [-0.4, -0.2) is 53.0 Å². The topological polar surface area (TPSA) is 119 Å². The van der Waals surface area contributed by atoms with Crippen LogP contribution in [0.2, 0.25) is 0 Å². The van der Waals surface area contributed by atoms with Gasteiger partial charge in [0.2, 0.25) is 0 Å². The van der Waals surface area contributed by atoms with Crippen LogP contribution in [0.3, 0.4) is 0 Å². The molecule has 1 N–H and O–H groups in total. The fourth-order valence-electron chi connectivity index (χ4n) is 7.12. The van der Waals surface area contributed by atoms with Crippen molar-refractivity contribution in [2.75, 3.05) is 4.90 Å². The van der Waals surface area contributed by atoms with E-state index in [0.29, 0.717) is 5.69 Å². The van der Waals surface area contributed by atoms with Gasteiger partial charge in [0.15, 0.2) is 12.3 Å². The maximum absolute atomic E-state index is 14.2. The number of hydrogen-bond acceptors (Lipinski definition) is 8. The Balaban J connectivity index is 1.62. The summed E-state index contributed by atoms with van der Waals surface area (Å²) in [6.45, 7) is 5.34. The summed E-state index contributed by atoms with van der Waals surface area (Å²) in [5.41, 5.74) is -5.66. The zero-order valence-corrected chi connectivity index (χ0v) is 20.7. The first-order chi connectivity index (χ1) is 17.5. The number of anilines is 1. The Morgan fingerprint density at radius 3 is 2.24 bits per heavy atom. The van der Waals surface area contributed by atoms with Crippen molar-refractivity contribution in [1.29, 1.82) is 0 Å². The molecule has 0 radical (unpaired) electrons. The summed E-state index contributed by atoms with van der Waals surface area (Å²) in [7, 11) is 0. The molecule has 6 atom stereocenters.